The second-order valence-electron chi connectivity index (χ2n) is 6.50. The number of aromatic nitrogens is 4. The van der Waals surface area contributed by atoms with Crippen LogP contribution in [0.4, 0.5) is 17.3 Å². The number of aliphatic hydroxyl groups is 1. The van der Waals surface area contributed by atoms with Crippen molar-refractivity contribution in [3.8, 4) is 5.95 Å². The van der Waals surface area contributed by atoms with Gasteiger partial charge in [0.15, 0.2) is 0 Å². The summed E-state index contributed by atoms with van der Waals surface area (Å²) in [4.78, 5) is 11.4. The number of nitrogens with zero attached hydrogens (tertiary/aromatic N) is 5. The fourth-order valence-electron chi connectivity index (χ4n) is 2.90. The van der Waals surface area contributed by atoms with Gasteiger partial charge in [0.25, 0.3) is 5.95 Å². The van der Waals surface area contributed by atoms with E-state index in [9.17, 15) is 5.11 Å². The summed E-state index contributed by atoms with van der Waals surface area (Å²) in [6.45, 7) is 4.51. The Bertz CT molecular complexity index is 938. The number of morpholine rings is 1. The van der Waals surface area contributed by atoms with E-state index in [0.717, 1.165) is 24.6 Å². The van der Waals surface area contributed by atoms with Crippen molar-refractivity contribution in [3.63, 3.8) is 0 Å². The Labute approximate surface area is 167 Å². The maximum absolute atomic E-state index is 9.75. The second kappa shape index (κ2) is 8.14. The van der Waals surface area contributed by atoms with Crippen LogP contribution in [-0.2, 0) is 4.74 Å². The monoisotopic (exact) mass is 400 g/mol. The van der Waals surface area contributed by atoms with Crippen LogP contribution in [0, 0.1) is 0 Å². The van der Waals surface area contributed by atoms with Crippen LogP contribution in [0.15, 0.2) is 42.6 Å². The van der Waals surface area contributed by atoms with Gasteiger partial charge in [-0.25, -0.2) is 4.68 Å². The lowest BCUT2D eigenvalue weighted by atomic mass is 10.3. The van der Waals surface area contributed by atoms with Gasteiger partial charge >= 0.3 is 0 Å². The molecule has 1 atom stereocenters. The molecule has 0 saturated carbocycles. The molecule has 1 aliphatic heterocycles. The first kappa shape index (κ1) is 18.7. The van der Waals surface area contributed by atoms with E-state index in [-0.39, 0.29) is 0 Å². The third-order valence-corrected chi connectivity index (χ3v) is 4.65. The van der Waals surface area contributed by atoms with E-state index < -0.39 is 6.10 Å². The maximum Gasteiger partial charge on any atom is 0.254 e. The molecule has 1 saturated heterocycles. The molecule has 1 fully saturated rings. The number of halogens is 1. The minimum Gasteiger partial charge on any atom is -0.387 e. The zero-order valence-corrected chi connectivity index (χ0v) is 16.2. The molecule has 0 spiro atoms. The first-order valence-corrected chi connectivity index (χ1v) is 9.45. The highest BCUT2D eigenvalue weighted by Crippen LogP contribution is 2.23. The summed E-state index contributed by atoms with van der Waals surface area (Å²) < 4.78 is 7.01. The molecule has 0 bridgehead atoms. The number of benzene rings is 1. The molecule has 2 N–H and O–H groups in total. The zero-order chi connectivity index (χ0) is 19.5. The number of hydrogen-bond acceptors (Lipinski definition) is 7. The van der Waals surface area contributed by atoms with Gasteiger partial charge in [-0.2, -0.15) is 15.1 Å². The Morgan fingerprint density at radius 3 is 2.57 bits per heavy atom. The Kier molecular flexibility index (Phi) is 5.43. The quantitative estimate of drug-likeness (QED) is 0.680. The van der Waals surface area contributed by atoms with Crippen LogP contribution in [-0.4, -0.2) is 51.2 Å². The van der Waals surface area contributed by atoms with Gasteiger partial charge in [0.1, 0.15) is 11.6 Å². The summed E-state index contributed by atoms with van der Waals surface area (Å²) in [5.74, 6) is 1.86. The number of ether oxygens (including phenoxy) is 1. The third-order valence-electron chi connectivity index (χ3n) is 4.40. The van der Waals surface area contributed by atoms with Gasteiger partial charge in [-0.3, -0.25) is 0 Å². The van der Waals surface area contributed by atoms with Crippen LogP contribution in [0.25, 0.3) is 5.95 Å². The van der Waals surface area contributed by atoms with E-state index in [1.165, 1.54) is 0 Å². The topological polar surface area (TPSA) is 88.3 Å². The molecular formula is C19H21ClN6O2. The van der Waals surface area contributed by atoms with E-state index in [2.05, 4.69) is 25.3 Å². The minimum absolute atomic E-state index is 0.423. The summed E-state index contributed by atoms with van der Waals surface area (Å²) in [6.07, 6.45) is 1.09. The highest BCUT2D eigenvalue weighted by molar-refractivity contribution is 6.30. The van der Waals surface area contributed by atoms with Crippen molar-refractivity contribution in [2.24, 2.45) is 0 Å². The van der Waals surface area contributed by atoms with Crippen LogP contribution in [0.5, 0.6) is 0 Å². The predicted octanol–water partition coefficient (Wildman–Crippen LogP) is 2.95. The molecule has 3 heterocycles. The van der Waals surface area contributed by atoms with Gasteiger partial charge in [0, 0.05) is 36.1 Å². The third kappa shape index (κ3) is 4.24. The molecule has 8 nitrogen and oxygen atoms in total. The predicted molar refractivity (Wildman–Crippen MR) is 108 cm³/mol. The average Bonchev–Trinajstić information content (AvgIpc) is 3.21. The highest BCUT2D eigenvalue weighted by Gasteiger charge is 2.17. The largest absolute Gasteiger partial charge is 0.387 e. The van der Waals surface area contributed by atoms with Crippen LogP contribution >= 0.6 is 11.6 Å². The molecule has 1 unspecified atom stereocenters. The highest BCUT2D eigenvalue weighted by atomic mass is 35.5. The van der Waals surface area contributed by atoms with E-state index >= 15 is 0 Å². The molecule has 0 aliphatic carbocycles. The second-order valence-corrected chi connectivity index (χ2v) is 6.94. The van der Waals surface area contributed by atoms with Crippen molar-refractivity contribution < 1.29 is 9.84 Å². The van der Waals surface area contributed by atoms with E-state index in [1.54, 1.807) is 23.9 Å². The van der Waals surface area contributed by atoms with Gasteiger partial charge in [-0.05, 0) is 37.3 Å². The molecule has 2 aromatic heterocycles. The zero-order valence-electron chi connectivity index (χ0n) is 15.4. The molecule has 146 valence electrons. The number of nitrogens with one attached hydrogen (secondary N) is 1. The number of aliphatic hydroxyl groups excluding tert-OH is 1. The van der Waals surface area contributed by atoms with Crippen LogP contribution < -0.4 is 10.2 Å². The Morgan fingerprint density at radius 1 is 1.14 bits per heavy atom. The normalized spacial score (nSPS) is 15.5. The summed E-state index contributed by atoms with van der Waals surface area (Å²) in [5.41, 5.74) is 1.43. The van der Waals surface area contributed by atoms with E-state index in [0.29, 0.717) is 35.7 Å². The summed E-state index contributed by atoms with van der Waals surface area (Å²) in [7, 11) is 0. The Balaban J connectivity index is 1.70. The molecular weight excluding hydrogens is 380 g/mol. The lowest BCUT2D eigenvalue weighted by Gasteiger charge is -2.28. The molecule has 9 heteroatoms. The van der Waals surface area contributed by atoms with E-state index in [4.69, 9.17) is 16.3 Å². The number of rotatable bonds is 5. The maximum atomic E-state index is 9.75. The molecule has 0 radical (unpaired) electrons. The van der Waals surface area contributed by atoms with Gasteiger partial charge in [-0.1, -0.05) is 11.6 Å². The first-order valence-electron chi connectivity index (χ1n) is 9.07. The molecule has 3 aromatic rings. The van der Waals surface area contributed by atoms with Crippen molar-refractivity contribution in [2.75, 3.05) is 36.5 Å². The van der Waals surface area contributed by atoms with Gasteiger partial charge in [0.2, 0.25) is 0 Å². The number of anilines is 3. The SMILES string of the molecule is CC(O)c1ccn(-c2nc(Nc3ccc(Cl)cc3)cc(N3CCOCC3)n2)n1. The summed E-state index contributed by atoms with van der Waals surface area (Å²) in [5, 5.41) is 18.1. The van der Waals surface area contributed by atoms with Crippen molar-refractivity contribution >= 4 is 28.9 Å². The van der Waals surface area contributed by atoms with Crippen molar-refractivity contribution in [1.29, 1.82) is 0 Å². The molecule has 0 amide bonds. The Hall–Kier alpha value is -2.68. The molecule has 1 aliphatic rings. The first-order chi connectivity index (χ1) is 13.6. The smallest absolute Gasteiger partial charge is 0.254 e. The average molecular weight is 401 g/mol. The van der Waals surface area contributed by atoms with Crippen molar-refractivity contribution in [2.45, 2.75) is 13.0 Å². The number of hydrogen-bond donors (Lipinski definition) is 2. The van der Waals surface area contributed by atoms with E-state index in [1.807, 2.05) is 30.3 Å². The van der Waals surface area contributed by atoms with Crippen LogP contribution in [0.3, 0.4) is 0 Å². The van der Waals surface area contributed by atoms with Crippen LogP contribution in [0.2, 0.25) is 5.02 Å². The Morgan fingerprint density at radius 2 is 1.89 bits per heavy atom. The summed E-state index contributed by atoms with van der Waals surface area (Å²) >= 11 is 5.97. The molecule has 28 heavy (non-hydrogen) atoms. The lowest BCUT2D eigenvalue weighted by molar-refractivity contribution is 0.122. The lowest BCUT2D eigenvalue weighted by Crippen LogP contribution is -2.37. The fourth-order valence-corrected chi connectivity index (χ4v) is 3.02. The van der Waals surface area contributed by atoms with Crippen molar-refractivity contribution in [1.82, 2.24) is 19.7 Å². The molecule has 1 aromatic carbocycles. The van der Waals surface area contributed by atoms with Gasteiger partial charge < -0.3 is 20.1 Å². The minimum atomic E-state index is -0.657. The van der Waals surface area contributed by atoms with Gasteiger partial charge in [-0.15, -0.1) is 0 Å². The standard InChI is InChI=1S/C19H21ClN6O2/c1-13(27)16-6-7-26(24-16)19-22-17(21-15-4-2-14(20)3-5-15)12-18(23-19)25-8-10-28-11-9-25/h2-7,12-13,27H,8-11H2,1H3,(H,21,22,23). The summed E-state index contributed by atoms with van der Waals surface area (Å²) in [6, 6.07) is 11.1. The van der Waals surface area contributed by atoms with Gasteiger partial charge in [0.05, 0.1) is 25.0 Å². The molecule has 4 rings (SSSR count). The van der Waals surface area contributed by atoms with Crippen LogP contribution in [0.1, 0.15) is 18.7 Å². The fraction of sp³-hybridized carbons (Fsp3) is 0.316. The van der Waals surface area contributed by atoms with Crippen molar-refractivity contribution in [3.05, 3.63) is 53.3 Å².